The molecule has 3 atom stereocenters. The van der Waals surface area contributed by atoms with Gasteiger partial charge in [-0.05, 0) is 45.4 Å². The van der Waals surface area contributed by atoms with Crippen LogP contribution in [0.25, 0.3) is 0 Å². The first-order valence-corrected chi connectivity index (χ1v) is 7.20. The van der Waals surface area contributed by atoms with Crippen LogP contribution in [0.2, 0.25) is 0 Å². The van der Waals surface area contributed by atoms with Gasteiger partial charge in [-0.2, -0.15) is 0 Å². The van der Waals surface area contributed by atoms with Crippen LogP contribution in [0.4, 0.5) is 4.79 Å². The molecule has 0 saturated heterocycles. The molecular formula is C14H26N2O3. The number of nitrogens with one attached hydrogen (secondary N) is 2. The van der Waals surface area contributed by atoms with Gasteiger partial charge in [0.05, 0.1) is 5.92 Å². The van der Waals surface area contributed by atoms with Crippen molar-refractivity contribution in [2.75, 3.05) is 0 Å². The summed E-state index contributed by atoms with van der Waals surface area (Å²) < 4.78 is 0. The monoisotopic (exact) mass is 270 g/mol. The average molecular weight is 270 g/mol. The Kier molecular flexibility index (Phi) is 6.12. The van der Waals surface area contributed by atoms with Crippen molar-refractivity contribution in [1.29, 1.82) is 0 Å². The van der Waals surface area contributed by atoms with Gasteiger partial charge in [-0.3, -0.25) is 4.79 Å². The van der Waals surface area contributed by atoms with Crippen molar-refractivity contribution in [3.8, 4) is 0 Å². The molecule has 0 radical (unpaired) electrons. The van der Waals surface area contributed by atoms with E-state index in [0.717, 1.165) is 12.8 Å². The second-order valence-corrected chi connectivity index (χ2v) is 5.82. The van der Waals surface area contributed by atoms with Crippen molar-refractivity contribution < 1.29 is 14.7 Å². The number of hydrogen-bond donors (Lipinski definition) is 3. The Morgan fingerprint density at radius 3 is 2.32 bits per heavy atom. The van der Waals surface area contributed by atoms with Gasteiger partial charge in [0.1, 0.15) is 0 Å². The van der Waals surface area contributed by atoms with Gasteiger partial charge in [0.2, 0.25) is 0 Å². The molecule has 1 aliphatic rings. The molecule has 0 aromatic rings. The molecule has 1 saturated carbocycles. The fourth-order valence-electron chi connectivity index (χ4n) is 2.11. The summed E-state index contributed by atoms with van der Waals surface area (Å²) in [5.41, 5.74) is 0. The number of amides is 2. The van der Waals surface area contributed by atoms with Crippen LogP contribution >= 0.6 is 0 Å². The molecule has 5 heteroatoms. The van der Waals surface area contributed by atoms with E-state index < -0.39 is 5.97 Å². The molecule has 0 heterocycles. The van der Waals surface area contributed by atoms with E-state index in [-0.39, 0.29) is 24.0 Å². The molecule has 5 nitrogen and oxygen atoms in total. The lowest BCUT2D eigenvalue weighted by Crippen LogP contribution is -2.45. The molecule has 3 N–H and O–H groups in total. The van der Waals surface area contributed by atoms with E-state index in [0.29, 0.717) is 12.3 Å². The van der Waals surface area contributed by atoms with E-state index in [9.17, 15) is 9.59 Å². The molecule has 1 aliphatic carbocycles. The van der Waals surface area contributed by atoms with Crippen LogP contribution in [0, 0.1) is 11.8 Å². The predicted molar refractivity (Wildman–Crippen MR) is 74.0 cm³/mol. The third-order valence-corrected chi connectivity index (χ3v) is 3.76. The van der Waals surface area contributed by atoms with Gasteiger partial charge < -0.3 is 15.7 Å². The summed E-state index contributed by atoms with van der Waals surface area (Å²) in [5.74, 6) is -0.412. The summed E-state index contributed by atoms with van der Waals surface area (Å²) in [7, 11) is 0. The van der Waals surface area contributed by atoms with Crippen LogP contribution in [0.15, 0.2) is 0 Å². The minimum absolute atomic E-state index is 0.0763. The average Bonchev–Trinajstić information content (AvgIpc) is 3.11. The normalized spacial score (nSPS) is 19.3. The van der Waals surface area contributed by atoms with Gasteiger partial charge in [-0.25, -0.2) is 4.79 Å². The summed E-state index contributed by atoms with van der Waals surface area (Å²) in [6.45, 7) is 5.70. The summed E-state index contributed by atoms with van der Waals surface area (Å²) in [5, 5.41) is 14.6. The van der Waals surface area contributed by atoms with E-state index >= 15 is 0 Å². The number of rotatable bonds is 8. The molecule has 2 amide bonds. The van der Waals surface area contributed by atoms with Gasteiger partial charge in [0.25, 0.3) is 0 Å². The van der Waals surface area contributed by atoms with E-state index in [2.05, 4.69) is 10.6 Å². The van der Waals surface area contributed by atoms with Crippen LogP contribution in [-0.2, 0) is 4.79 Å². The molecule has 1 rings (SSSR count). The second kappa shape index (κ2) is 7.36. The van der Waals surface area contributed by atoms with Crippen molar-refractivity contribution in [2.24, 2.45) is 11.8 Å². The van der Waals surface area contributed by atoms with Crippen molar-refractivity contribution in [2.45, 2.75) is 65.0 Å². The van der Waals surface area contributed by atoms with Crippen molar-refractivity contribution in [3.05, 3.63) is 0 Å². The molecular weight excluding hydrogens is 244 g/mol. The van der Waals surface area contributed by atoms with Crippen LogP contribution in [0.3, 0.4) is 0 Å². The molecule has 0 aromatic heterocycles. The first kappa shape index (κ1) is 15.8. The van der Waals surface area contributed by atoms with E-state index in [1.807, 2.05) is 13.8 Å². The highest BCUT2D eigenvalue weighted by Gasteiger charge is 2.28. The smallest absolute Gasteiger partial charge is 0.315 e. The van der Waals surface area contributed by atoms with Gasteiger partial charge in [-0.1, -0.05) is 13.3 Å². The minimum atomic E-state index is -0.753. The third-order valence-electron chi connectivity index (χ3n) is 3.76. The van der Waals surface area contributed by atoms with Crippen molar-refractivity contribution >= 4 is 12.0 Å². The molecule has 3 unspecified atom stereocenters. The summed E-state index contributed by atoms with van der Waals surface area (Å²) in [4.78, 5) is 22.3. The van der Waals surface area contributed by atoms with Gasteiger partial charge >= 0.3 is 12.0 Å². The largest absolute Gasteiger partial charge is 0.481 e. The highest BCUT2D eigenvalue weighted by Crippen LogP contribution is 2.32. The molecule has 0 spiro atoms. The Hall–Kier alpha value is -1.26. The van der Waals surface area contributed by atoms with Crippen molar-refractivity contribution in [3.63, 3.8) is 0 Å². The number of carbonyl (C=O) groups excluding carboxylic acids is 1. The Bertz CT molecular complexity index is 316. The fourth-order valence-corrected chi connectivity index (χ4v) is 2.11. The van der Waals surface area contributed by atoms with Crippen LogP contribution < -0.4 is 10.6 Å². The molecule has 0 aromatic carbocycles. The fraction of sp³-hybridized carbons (Fsp3) is 0.857. The Balaban J connectivity index is 2.10. The minimum Gasteiger partial charge on any atom is -0.481 e. The van der Waals surface area contributed by atoms with Crippen LogP contribution in [0.5, 0.6) is 0 Å². The van der Waals surface area contributed by atoms with Gasteiger partial charge in [-0.15, -0.1) is 0 Å². The number of carboxylic acid groups (broad SMARTS) is 1. The number of aliphatic carboxylic acids is 1. The maximum atomic E-state index is 11.7. The van der Waals surface area contributed by atoms with Gasteiger partial charge in [0.15, 0.2) is 0 Å². The topological polar surface area (TPSA) is 78.4 Å². The first-order valence-electron chi connectivity index (χ1n) is 7.20. The maximum Gasteiger partial charge on any atom is 0.315 e. The molecule has 110 valence electrons. The van der Waals surface area contributed by atoms with E-state index in [1.165, 1.54) is 12.8 Å². The van der Waals surface area contributed by atoms with E-state index in [1.54, 1.807) is 6.92 Å². The third kappa shape index (κ3) is 6.45. The Morgan fingerprint density at radius 2 is 1.79 bits per heavy atom. The quantitative estimate of drug-likeness (QED) is 0.633. The van der Waals surface area contributed by atoms with Crippen LogP contribution in [-0.4, -0.2) is 29.2 Å². The molecule has 0 aliphatic heterocycles. The number of urea groups is 1. The Labute approximate surface area is 115 Å². The molecule has 19 heavy (non-hydrogen) atoms. The zero-order chi connectivity index (χ0) is 14.4. The van der Waals surface area contributed by atoms with Gasteiger partial charge in [0, 0.05) is 12.1 Å². The summed E-state index contributed by atoms with van der Waals surface area (Å²) >= 11 is 0. The Morgan fingerprint density at radius 1 is 1.16 bits per heavy atom. The zero-order valence-electron chi connectivity index (χ0n) is 12.1. The predicted octanol–water partition coefficient (Wildman–Crippen LogP) is 2.36. The number of carbonyl (C=O) groups is 2. The maximum absolute atomic E-state index is 11.7. The molecule has 1 fully saturated rings. The molecule has 0 bridgehead atoms. The number of carboxylic acids is 1. The lowest BCUT2D eigenvalue weighted by atomic mass is 10.0. The SMILES string of the molecule is CC(CCCC(C)C(=O)O)NC(=O)NC(C)C1CC1. The van der Waals surface area contributed by atoms with E-state index in [4.69, 9.17) is 5.11 Å². The highest BCUT2D eigenvalue weighted by molar-refractivity contribution is 5.74. The first-order chi connectivity index (χ1) is 8.90. The zero-order valence-corrected chi connectivity index (χ0v) is 12.1. The summed E-state index contributed by atoms with van der Waals surface area (Å²) in [6.07, 6.45) is 4.70. The lowest BCUT2D eigenvalue weighted by molar-refractivity contribution is -0.141. The van der Waals surface area contributed by atoms with Crippen molar-refractivity contribution in [1.82, 2.24) is 10.6 Å². The second-order valence-electron chi connectivity index (χ2n) is 5.82. The highest BCUT2D eigenvalue weighted by atomic mass is 16.4. The van der Waals surface area contributed by atoms with Crippen LogP contribution in [0.1, 0.15) is 52.9 Å². The number of hydrogen-bond acceptors (Lipinski definition) is 2. The standard InChI is InChI=1S/C14H26N2O3/c1-9(13(17)18)5-4-6-10(2)15-14(19)16-11(3)12-7-8-12/h9-12H,4-8H2,1-3H3,(H,17,18)(H2,15,16,19). The lowest BCUT2D eigenvalue weighted by Gasteiger charge is -2.18. The summed E-state index contributed by atoms with van der Waals surface area (Å²) in [6, 6.07) is 0.213.